The predicted octanol–water partition coefficient (Wildman–Crippen LogP) is 2.10. The Morgan fingerprint density at radius 2 is 2.00 bits per heavy atom. The van der Waals surface area contributed by atoms with Gasteiger partial charge >= 0.3 is 0 Å². The molecule has 62 valence electrons. The highest BCUT2D eigenvalue weighted by Gasteiger charge is 2.02. The standard InChI is InChI=1S/C11H13N/c1-2-3-9-11(12)10-7-5-4-6-8-10/h1,4-8,11H,3,9,12H2. The molecule has 0 spiro atoms. The van der Waals surface area contributed by atoms with Crippen molar-refractivity contribution in [3.63, 3.8) is 0 Å². The maximum atomic E-state index is 5.89. The average Bonchev–Trinajstić information content (AvgIpc) is 2.15. The summed E-state index contributed by atoms with van der Waals surface area (Å²) in [5.41, 5.74) is 7.05. The lowest BCUT2D eigenvalue weighted by Crippen LogP contribution is -2.09. The highest BCUT2D eigenvalue weighted by molar-refractivity contribution is 5.18. The van der Waals surface area contributed by atoms with Crippen LogP contribution in [0.2, 0.25) is 0 Å². The molecule has 0 heterocycles. The van der Waals surface area contributed by atoms with Crippen molar-refractivity contribution in [2.45, 2.75) is 18.9 Å². The summed E-state index contributed by atoms with van der Waals surface area (Å²) in [6.45, 7) is 0. The van der Waals surface area contributed by atoms with Gasteiger partial charge in [0.25, 0.3) is 0 Å². The van der Waals surface area contributed by atoms with Crippen LogP contribution in [0.3, 0.4) is 0 Å². The fourth-order valence-electron chi connectivity index (χ4n) is 1.11. The molecule has 12 heavy (non-hydrogen) atoms. The van der Waals surface area contributed by atoms with Crippen molar-refractivity contribution in [2.24, 2.45) is 5.73 Å². The van der Waals surface area contributed by atoms with Gasteiger partial charge in [-0.3, -0.25) is 0 Å². The Labute approximate surface area is 73.6 Å². The maximum Gasteiger partial charge on any atom is 0.0303 e. The molecule has 0 bridgehead atoms. The average molecular weight is 159 g/mol. The minimum atomic E-state index is 0.0854. The molecule has 1 atom stereocenters. The van der Waals surface area contributed by atoms with Gasteiger partial charge in [0, 0.05) is 12.5 Å². The van der Waals surface area contributed by atoms with Gasteiger partial charge < -0.3 is 5.73 Å². The van der Waals surface area contributed by atoms with E-state index >= 15 is 0 Å². The van der Waals surface area contributed by atoms with E-state index < -0.39 is 0 Å². The van der Waals surface area contributed by atoms with Crippen molar-refractivity contribution < 1.29 is 0 Å². The summed E-state index contributed by atoms with van der Waals surface area (Å²) in [6, 6.07) is 10.1. The third-order valence-corrected chi connectivity index (χ3v) is 1.83. The summed E-state index contributed by atoms with van der Waals surface area (Å²) >= 11 is 0. The van der Waals surface area contributed by atoms with Crippen molar-refractivity contribution in [3.8, 4) is 12.3 Å². The van der Waals surface area contributed by atoms with Gasteiger partial charge in [-0.25, -0.2) is 0 Å². The molecule has 0 amide bonds. The lowest BCUT2D eigenvalue weighted by Gasteiger charge is -2.08. The molecule has 0 aromatic heterocycles. The van der Waals surface area contributed by atoms with Gasteiger partial charge in [0.2, 0.25) is 0 Å². The molecule has 0 saturated carbocycles. The first-order valence-electron chi connectivity index (χ1n) is 4.08. The van der Waals surface area contributed by atoms with Crippen LogP contribution in [0.15, 0.2) is 30.3 Å². The summed E-state index contributed by atoms with van der Waals surface area (Å²) in [5.74, 6) is 2.59. The largest absolute Gasteiger partial charge is 0.324 e. The molecule has 0 aliphatic carbocycles. The van der Waals surface area contributed by atoms with Crippen LogP contribution >= 0.6 is 0 Å². The Bertz CT molecular complexity index is 258. The molecule has 0 fully saturated rings. The van der Waals surface area contributed by atoms with Crippen LogP contribution in [-0.4, -0.2) is 0 Å². The van der Waals surface area contributed by atoms with E-state index in [9.17, 15) is 0 Å². The van der Waals surface area contributed by atoms with Crippen molar-refractivity contribution in [1.82, 2.24) is 0 Å². The molecule has 0 saturated heterocycles. The monoisotopic (exact) mass is 159 g/mol. The molecular formula is C11H13N. The van der Waals surface area contributed by atoms with E-state index in [1.165, 1.54) is 0 Å². The third-order valence-electron chi connectivity index (χ3n) is 1.83. The minimum absolute atomic E-state index is 0.0854. The smallest absolute Gasteiger partial charge is 0.0303 e. The van der Waals surface area contributed by atoms with Crippen LogP contribution in [0.25, 0.3) is 0 Å². The summed E-state index contributed by atoms with van der Waals surface area (Å²) in [4.78, 5) is 0. The molecular weight excluding hydrogens is 146 g/mol. The van der Waals surface area contributed by atoms with E-state index in [4.69, 9.17) is 12.2 Å². The number of terminal acetylenes is 1. The molecule has 0 aliphatic rings. The summed E-state index contributed by atoms with van der Waals surface area (Å²) in [6.07, 6.45) is 6.76. The zero-order valence-electron chi connectivity index (χ0n) is 7.03. The minimum Gasteiger partial charge on any atom is -0.324 e. The number of benzene rings is 1. The second kappa shape index (κ2) is 4.58. The normalized spacial score (nSPS) is 12.0. The van der Waals surface area contributed by atoms with Gasteiger partial charge in [-0.05, 0) is 12.0 Å². The van der Waals surface area contributed by atoms with E-state index in [-0.39, 0.29) is 6.04 Å². The first-order valence-corrected chi connectivity index (χ1v) is 4.08. The molecule has 1 unspecified atom stereocenters. The molecule has 1 aromatic rings. The van der Waals surface area contributed by atoms with Crippen LogP contribution in [0.1, 0.15) is 24.4 Å². The van der Waals surface area contributed by atoms with Crippen molar-refractivity contribution in [1.29, 1.82) is 0 Å². The van der Waals surface area contributed by atoms with Crippen LogP contribution < -0.4 is 5.73 Å². The molecule has 2 N–H and O–H groups in total. The van der Waals surface area contributed by atoms with E-state index in [0.29, 0.717) is 0 Å². The van der Waals surface area contributed by atoms with Gasteiger partial charge in [0.1, 0.15) is 0 Å². The highest BCUT2D eigenvalue weighted by Crippen LogP contribution is 2.14. The SMILES string of the molecule is C#CCCC(N)c1ccccc1. The Balaban J connectivity index is 2.55. The van der Waals surface area contributed by atoms with Crippen molar-refractivity contribution >= 4 is 0 Å². The lowest BCUT2D eigenvalue weighted by atomic mass is 10.0. The zero-order chi connectivity index (χ0) is 8.81. The van der Waals surface area contributed by atoms with E-state index in [2.05, 4.69) is 5.92 Å². The predicted molar refractivity (Wildman–Crippen MR) is 51.4 cm³/mol. The molecule has 1 rings (SSSR count). The molecule has 0 radical (unpaired) electrons. The van der Waals surface area contributed by atoms with E-state index in [1.807, 2.05) is 30.3 Å². The van der Waals surface area contributed by atoms with Gasteiger partial charge in [-0.15, -0.1) is 12.3 Å². The second-order valence-corrected chi connectivity index (χ2v) is 2.76. The maximum absolute atomic E-state index is 5.89. The van der Waals surface area contributed by atoms with Crippen LogP contribution in [-0.2, 0) is 0 Å². The Morgan fingerprint density at radius 3 is 2.58 bits per heavy atom. The van der Waals surface area contributed by atoms with Gasteiger partial charge in [0.15, 0.2) is 0 Å². The quantitative estimate of drug-likeness (QED) is 0.671. The Morgan fingerprint density at radius 1 is 1.33 bits per heavy atom. The van der Waals surface area contributed by atoms with Gasteiger partial charge in [0.05, 0.1) is 0 Å². The van der Waals surface area contributed by atoms with Crippen LogP contribution in [0, 0.1) is 12.3 Å². The number of rotatable bonds is 3. The van der Waals surface area contributed by atoms with Gasteiger partial charge in [-0.2, -0.15) is 0 Å². The van der Waals surface area contributed by atoms with Crippen molar-refractivity contribution in [3.05, 3.63) is 35.9 Å². The van der Waals surface area contributed by atoms with Crippen LogP contribution in [0.4, 0.5) is 0 Å². The van der Waals surface area contributed by atoms with Crippen molar-refractivity contribution in [2.75, 3.05) is 0 Å². The second-order valence-electron chi connectivity index (χ2n) is 2.76. The zero-order valence-corrected chi connectivity index (χ0v) is 7.03. The highest BCUT2D eigenvalue weighted by atomic mass is 14.6. The summed E-state index contributed by atoms with van der Waals surface area (Å²) in [7, 11) is 0. The molecule has 1 nitrogen and oxygen atoms in total. The number of nitrogens with two attached hydrogens (primary N) is 1. The fourth-order valence-corrected chi connectivity index (χ4v) is 1.11. The summed E-state index contributed by atoms with van der Waals surface area (Å²) in [5, 5.41) is 0. The molecule has 1 heteroatoms. The fraction of sp³-hybridized carbons (Fsp3) is 0.273. The first-order chi connectivity index (χ1) is 5.84. The van der Waals surface area contributed by atoms with E-state index in [0.717, 1.165) is 18.4 Å². The van der Waals surface area contributed by atoms with E-state index in [1.54, 1.807) is 0 Å². The molecule has 1 aromatic carbocycles. The Kier molecular flexibility index (Phi) is 3.37. The first kappa shape index (κ1) is 8.83. The lowest BCUT2D eigenvalue weighted by molar-refractivity contribution is 0.668. The number of hydrogen-bond acceptors (Lipinski definition) is 1. The van der Waals surface area contributed by atoms with Gasteiger partial charge in [-0.1, -0.05) is 30.3 Å². The van der Waals surface area contributed by atoms with Crippen LogP contribution in [0.5, 0.6) is 0 Å². The molecule has 0 aliphatic heterocycles. The summed E-state index contributed by atoms with van der Waals surface area (Å²) < 4.78 is 0. The number of hydrogen-bond donors (Lipinski definition) is 1. The Hall–Kier alpha value is -1.26. The third kappa shape index (κ3) is 2.41. The topological polar surface area (TPSA) is 26.0 Å².